The van der Waals surface area contributed by atoms with E-state index in [1.165, 1.54) is 17.7 Å². The zero-order valence-corrected chi connectivity index (χ0v) is 20.5. The molecule has 3 rings (SSSR count). The van der Waals surface area contributed by atoms with Crippen LogP contribution >= 0.6 is 0 Å². The summed E-state index contributed by atoms with van der Waals surface area (Å²) in [7, 11) is 1.58. The van der Waals surface area contributed by atoms with Crippen molar-refractivity contribution in [1.29, 1.82) is 0 Å². The van der Waals surface area contributed by atoms with Crippen molar-refractivity contribution in [3.8, 4) is 5.75 Å². The number of aliphatic hydroxyl groups is 1. The van der Waals surface area contributed by atoms with E-state index in [1.54, 1.807) is 19.2 Å². The van der Waals surface area contributed by atoms with Gasteiger partial charge in [0.1, 0.15) is 11.6 Å². The van der Waals surface area contributed by atoms with Gasteiger partial charge in [0.05, 0.1) is 19.3 Å². The molecule has 3 N–H and O–H groups in total. The van der Waals surface area contributed by atoms with E-state index in [0.29, 0.717) is 36.2 Å². The topological polar surface area (TPSA) is 73.8 Å². The highest BCUT2D eigenvalue weighted by molar-refractivity contribution is 5.89. The van der Waals surface area contributed by atoms with E-state index in [-0.39, 0.29) is 17.9 Å². The number of β-amino-alcohol motifs (C(OH)–C–C–N with tert-alkyl or cyclic N) is 1. The summed E-state index contributed by atoms with van der Waals surface area (Å²) >= 11 is 0. The Kier molecular flexibility index (Phi) is 9.72. The minimum Gasteiger partial charge on any atom is -0.497 e. The van der Waals surface area contributed by atoms with Crippen molar-refractivity contribution in [2.75, 3.05) is 32.1 Å². The molecule has 6 nitrogen and oxygen atoms in total. The number of nitrogens with one attached hydrogen (secondary N) is 2. The Morgan fingerprint density at radius 2 is 1.88 bits per heavy atom. The van der Waals surface area contributed by atoms with E-state index in [0.717, 1.165) is 32.4 Å². The molecule has 0 unspecified atom stereocenters. The third-order valence-electron chi connectivity index (χ3n) is 6.42. The number of hydrogen-bond acceptors (Lipinski definition) is 4. The zero-order valence-electron chi connectivity index (χ0n) is 20.5. The summed E-state index contributed by atoms with van der Waals surface area (Å²) in [5.41, 5.74) is 1.81. The van der Waals surface area contributed by atoms with Gasteiger partial charge in [-0.3, -0.25) is 0 Å². The molecule has 0 aliphatic carbocycles. The number of amides is 2. The molecule has 1 heterocycles. The molecule has 1 fully saturated rings. The van der Waals surface area contributed by atoms with Crippen molar-refractivity contribution < 1.29 is 19.0 Å². The molecule has 0 saturated carbocycles. The first-order valence-corrected chi connectivity index (χ1v) is 12.2. The van der Waals surface area contributed by atoms with Crippen LogP contribution in [0.25, 0.3) is 0 Å². The highest BCUT2D eigenvalue weighted by atomic mass is 19.1. The molecule has 2 aromatic carbocycles. The SMILES string of the molecule is COc1cccc(NC(=O)N[C@@H](CC(C)C)[C@@H](O)CN2CCC(Cc3ccc(F)cc3)CC2)c1. The Bertz CT molecular complexity index is 898. The predicted molar refractivity (Wildman–Crippen MR) is 134 cm³/mol. The van der Waals surface area contributed by atoms with Gasteiger partial charge < -0.3 is 25.4 Å². The van der Waals surface area contributed by atoms with Gasteiger partial charge in [0.15, 0.2) is 0 Å². The lowest BCUT2D eigenvalue weighted by Crippen LogP contribution is -2.51. The molecule has 2 atom stereocenters. The summed E-state index contributed by atoms with van der Waals surface area (Å²) in [5.74, 6) is 1.36. The molecular formula is C27H38FN3O3. The van der Waals surface area contributed by atoms with Crippen molar-refractivity contribution >= 4 is 11.7 Å². The number of anilines is 1. The second kappa shape index (κ2) is 12.7. The summed E-state index contributed by atoms with van der Waals surface area (Å²) in [5, 5.41) is 16.8. The number of carbonyl (C=O) groups excluding carboxylic acids is 1. The van der Waals surface area contributed by atoms with E-state index < -0.39 is 6.10 Å². The van der Waals surface area contributed by atoms with Gasteiger partial charge >= 0.3 is 6.03 Å². The largest absolute Gasteiger partial charge is 0.497 e. The lowest BCUT2D eigenvalue weighted by Gasteiger charge is -2.35. The zero-order chi connectivity index (χ0) is 24.5. The number of hydrogen-bond donors (Lipinski definition) is 3. The quantitative estimate of drug-likeness (QED) is 0.470. The lowest BCUT2D eigenvalue weighted by molar-refractivity contribution is 0.0605. The van der Waals surface area contributed by atoms with Gasteiger partial charge in [-0.2, -0.15) is 0 Å². The van der Waals surface area contributed by atoms with Crippen LogP contribution in [-0.2, 0) is 6.42 Å². The Hall–Kier alpha value is -2.64. The van der Waals surface area contributed by atoms with Crippen LogP contribution in [0, 0.1) is 17.7 Å². The maximum atomic E-state index is 13.1. The number of benzene rings is 2. The number of ether oxygens (including phenoxy) is 1. The van der Waals surface area contributed by atoms with Crippen LogP contribution in [0.15, 0.2) is 48.5 Å². The monoisotopic (exact) mass is 471 g/mol. The molecule has 0 bridgehead atoms. The smallest absolute Gasteiger partial charge is 0.319 e. The van der Waals surface area contributed by atoms with E-state index >= 15 is 0 Å². The Labute approximate surface area is 202 Å². The first-order chi connectivity index (χ1) is 16.3. The molecular weight excluding hydrogens is 433 g/mol. The van der Waals surface area contributed by atoms with Crippen molar-refractivity contribution in [2.24, 2.45) is 11.8 Å². The highest BCUT2D eigenvalue weighted by Gasteiger charge is 2.27. The van der Waals surface area contributed by atoms with Gasteiger partial charge in [-0.05, 0) is 80.4 Å². The first-order valence-electron chi connectivity index (χ1n) is 12.2. The summed E-state index contributed by atoms with van der Waals surface area (Å²) in [6, 6.07) is 13.3. The van der Waals surface area contributed by atoms with Crippen LogP contribution in [0.4, 0.5) is 14.9 Å². The van der Waals surface area contributed by atoms with Crippen LogP contribution < -0.4 is 15.4 Å². The van der Waals surface area contributed by atoms with Crippen molar-refractivity contribution in [3.63, 3.8) is 0 Å². The van der Waals surface area contributed by atoms with Crippen LogP contribution in [0.1, 0.15) is 38.7 Å². The Morgan fingerprint density at radius 1 is 1.18 bits per heavy atom. The Balaban J connectivity index is 1.49. The number of carbonyl (C=O) groups is 1. The number of rotatable bonds is 10. The van der Waals surface area contributed by atoms with Gasteiger partial charge in [-0.25, -0.2) is 9.18 Å². The van der Waals surface area contributed by atoms with E-state index in [9.17, 15) is 14.3 Å². The van der Waals surface area contributed by atoms with Crippen molar-refractivity contribution in [3.05, 3.63) is 59.9 Å². The molecule has 0 aromatic heterocycles. The standard InChI is InChI=1S/C27H38FN3O3/c1-19(2)15-25(30-27(33)29-23-5-4-6-24(17-23)34-3)26(32)18-31-13-11-21(12-14-31)16-20-7-9-22(28)10-8-20/h4-10,17,19,21,25-26,32H,11-16,18H2,1-3H3,(H2,29,30,33)/t25-,26-/m0/s1. The second-order valence-corrected chi connectivity index (χ2v) is 9.71. The molecule has 1 saturated heterocycles. The number of nitrogens with zero attached hydrogens (tertiary/aromatic N) is 1. The third kappa shape index (κ3) is 8.29. The van der Waals surface area contributed by atoms with Gasteiger partial charge in [-0.15, -0.1) is 0 Å². The van der Waals surface area contributed by atoms with Crippen LogP contribution in [0.2, 0.25) is 0 Å². The van der Waals surface area contributed by atoms with Crippen LogP contribution in [0.5, 0.6) is 5.75 Å². The highest BCUT2D eigenvalue weighted by Crippen LogP contribution is 2.23. The molecule has 34 heavy (non-hydrogen) atoms. The average Bonchev–Trinajstić information content (AvgIpc) is 2.81. The maximum absolute atomic E-state index is 13.1. The number of likely N-dealkylation sites (tertiary alicyclic amines) is 1. The summed E-state index contributed by atoms with van der Waals surface area (Å²) in [4.78, 5) is 14.9. The number of piperidine rings is 1. The van der Waals surface area contributed by atoms with Crippen molar-refractivity contribution in [1.82, 2.24) is 10.2 Å². The van der Waals surface area contributed by atoms with Crippen molar-refractivity contribution in [2.45, 2.75) is 51.7 Å². The number of urea groups is 1. The molecule has 0 spiro atoms. The van der Waals surface area contributed by atoms with Gasteiger partial charge in [0.2, 0.25) is 0 Å². The van der Waals surface area contributed by atoms with Gasteiger partial charge in [0.25, 0.3) is 0 Å². The maximum Gasteiger partial charge on any atom is 0.319 e. The predicted octanol–water partition coefficient (Wildman–Crippen LogP) is 4.69. The van der Waals surface area contributed by atoms with Gasteiger partial charge in [0, 0.05) is 18.3 Å². The number of methoxy groups -OCH3 is 1. The minimum absolute atomic E-state index is 0.200. The molecule has 1 aliphatic rings. The normalized spacial score (nSPS) is 16.8. The van der Waals surface area contributed by atoms with E-state index in [1.807, 2.05) is 24.3 Å². The minimum atomic E-state index is -0.660. The summed E-state index contributed by atoms with van der Waals surface area (Å²) in [6.07, 6.45) is 3.07. The summed E-state index contributed by atoms with van der Waals surface area (Å²) in [6.45, 7) is 6.52. The molecule has 2 amide bonds. The average molecular weight is 472 g/mol. The second-order valence-electron chi connectivity index (χ2n) is 9.71. The van der Waals surface area contributed by atoms with Crippen LogP contribution in [-0.4, -0.2) is 54.9 Å². The molecule has 2 aromatic rings. The van der Waals surface area contributed by atoms with E-state index in [4.69, 9.17) is 4.74 Å². The lowest BCUT2D eigenvalue weighted by atomic mass is 9.89. The Morgan fingerprint density at radius 3 is 2.53 bits per heavy atom. The van der Waals surface area contributed by atoms with Gasteiger partial charge in [-0.1, -0.05) is 32.0 Å². The molecule has 186 valence electrons. The number of halogens is 1. The van der Waals surface area contributed by atoms with E-state index in [2.05, 4.69) is 29.4 Å². The molecule has 0 radical (unpaired) electrons. The fourth-order valence-corrected chi connectivity index (χ4v) is 4.58. The third-order valence-corrected chi connectivity index (χ3v) is 6.42. The fraction of sp³-hybridized carbons (Fsp3) is 0.519. The first kappa shape index (κ1) is 26.0. The fourth-order valence-electron chi connectivity index (χ4n) is 4.58. The van der Waals surface area contributed by atoms with Crippen LogP contribution in [0.3, 0.4) is 0 Å². The number of aliphatic hydroxyl groups excluding tert-OH is 1. The molecule has 7 heteroatoms. The summed E-state index contributed by atoms with van der Waals surface area (Å²) < 4.78 is 18.3. The molecule has 1 aliphatic heterocycles.